The molecule has 0 spiro atoms. The minimum absolute atomic E-state index is 0.0234. The molecule has 2 heterocycles. The van der Waals surface area contributed by atoms with Crippen molar-refractivity contribution in [3.63, 3.8) is 0 Å². The monoisotopic (exact) mass is 419 g/mol. The molecule has 5 rings (SSSR count). The predicted octanol–water partition coefficient (Wildman–Crippen LogP) is 4.67. The highest BCUT2D eigenvalue weighted by molar-refractivity contribution is 6.51. The third-order valence-electron chi connectivity index (χ3n) is 5.68. The zero-order chi connectivity index (χ0) is 22.2. The Morgan fingerprint density at radius 1 is 0.938 bits per heavy atom. The summed E-state index contributed by atoms with van der Waals surface area (Å²) in [5.41, 5.74) is 2.90. The maximum absolute atomic E-state index is 13.2. The summed E-state index contributed by atoms with van der Waals surface area (Å²) in [6.45, 7) is 0. The van der Waals surface area contributed by atoms with Crippen molar-refractivity contribution in [3.05, 3.63) is 107 Å². The fourth-order valence-electron chi connectivity index (χ4n) is 4.16. The molecule has 32 heavy (non-hydrogen) atoms. The van der Waals surface area contributed by atoms with Gasteiger partial charge in [0.25, 0.3) is 11.7 Å². The number of nitriles is 1. The number of nitrogens with one attached hydrogen (secondary N) is 1. The molecule has 0 aliphatic carbocycles. The fraction of sp³-hybridized carbons (Fsp3) is 0.0385. The van der Waals surface area contributed by atoms with E-state index in [4.69, 9.17) is 5.26 Å². The van der Waals surface area contributed by atoms with Crippen LogP contribution in [0.25, 0.3) is 16.7 Å². The van der Waals surface area contributed by atoms with Crippen molar-refractivity contribution in [3.8, 4) is 6.07 Å². The number of carbonyl (C=O) groups is 2. The molecule has 1 unspecified atom stereocenters. The van der Waals surface area contributed by atoms with Gasteiger partial charge in [-0.25, -0.2) is 0 Å². The van der Waals surface area contributed by atoms with Crippen molar-refractivity contribution < 1.29 is 14.7 Å². The summed E-state index contributed by atoms with van der Waals surface area (Å²) in [7, 11) is 0. The lowest BCUT2D eigenvalue weighted by Gasteiger charge is -2.25. The van der Waals surface area contributed by atoms with E-state index in [0.717, 1.165) is 10.9 Å². The second-order valence-corrected chi connectivity index (χ2v) is 7.49. The number of anilines is 1. The first-order valence-electron chi connectivity index (χ1n) is 10.0. The zero-order valence-corrected chi connectivity index (χ0v) is 16.8. The fourth-order valence-corrected chi connectivity index (χ4v) is 4.16. The van der Waals surface area contributed by atoms with Gasteiger partial charge in [0.1, 0.15) is 5.76 Å². The average Bonchev–Trinajstić information content (AvgIpc) is 3.38. The number of aromatic amines is 1. The second kappa shape index (κ2) is 7.56. The predicted molar refractivity (Wildman–Crippen MR) is 121 cm³/mol. The molecule has 1 saturated heterocycles. The van der Waals surface area contributed by atoms with E-state index in [0.29, 0.717) is 22.4 Å². The Labute approximate surface area is 183 Å². The van der Waals surface area contributed by atoms with Crippen molar-refractivity contribution in [1.82, 2.24) is 4.98 Å². The third-order valence-corrected chi connectivity index (χ3v) is 5.68. The highest BCUT2D eigenvalue weighted by atomic mass is 16.3. The number of aromatic nitrogens is 1. The number of hydrogen-bond donors (Lipinski definition) is 2. The summed E-state index contributed by atoms with van der Waals surface area (Å²) >= 11 is 0. The van der Waals surface area contributed by atoms with E-state index in [-0.39, 0.29) is 11.3 Å². The third kappa shape index (κ3) is 2.96. The van der Waals surface area contributed by atoms with Crippen LogP contribution in [0.1, 0.15) is 22.7 Å². The van der Waals surface area contributed by atoms with Crippen molar-refractivity contribution >= 4 is 34.0 Å². The van der Waals surface area contributed by atoms with Crippen molar-refractivity contribution in [2.75, 3.05) is 4.90 Å². The van der Waals surface area contributed by atoms with Gasteiger partial charge in [0.15, 0.2) is 0 Å². The lowest BCUT2D eigenvalue weighted by Crippen LogP contribution is -2.29. The lowest BCUT2D eigenvalue weighted by molar-refractivity contribution is -0.132. The molecule has 1 fully saturated rings. The molecule has 1 amide bonds. The van der Waals surface area contributed by atoms with E-state index < -0.39 is 17.7 Å². The number of ketones is 1. The summed E-state index contributed by atoms with van der Waals surface area (Å²) in [5.74, 6) is -1.72. The number of Topliss-reactive ketones (excluding diaryl/α,β-unsaturated/α-hetero) is 1. The molecule has 3 aromatic carbocycles. The molecule has 1 aliphatic rings. The van der Waals surface area contributed by atoms with Crippen LogP contribution < -0.4 is 4.90 Å². The highest BCUT2D eigenvalue weighted by Crippen LogP contribution is 2.42. The summed E-state index contributed by atoms with van der Waals surface area (Å²) in [4.78, 5) is 30.8. The van der Waals surface area contributed by atoms with Crippen LogP contribution in [-0.2, 0) is 9.59 Å². The molecule has 6 heteroatoms. The molecule has 0 saturated carbocycles. The van der Waals surface area contributed by atoms with Crippen LogP contribution >= 0.6 is 0 Å². The van der Waals surface area contributed by atoms with Crippen LogP contribution in [0.15, 0.2) is 90.6 Å². The minimum Gasteiger partial charge on any atom is -0.507 e. The van der Waals surface area contributed by atoms with E-state index in [1.54, 1.807) is 30.5 Å². The summed E-state index contributed by atoms with van der Waals surface area (Å²) in [5, 5.41) is 21.1. The average molecular weight is 419 g/mol. The molecule has 1 aromatic heterocycles. The largest absolute Gasteiger partial charge is 0.507 e. The van der Waals surface area contributed by atoms with Crippen molar-refractivity contribution in [1.29, 1.82) is 5.26 Å². The van der Waals surface area contributed by atoms with Crippen molar-refractivity contribution in [2.24, 2.45) is 0 Å². The maximum atomic E-state index is 13.2. The number of amides is 1. The summed E-state index contributed by atoms with van der Waals surface area (Å²) < 4.78 is 0. The number of hydrogen-bond acceptors (Lipinski definition) is 4. The molecular formula is C26H17N3O3. The van der Waals surface area contributed by atoms with Crippen LogP contribution in [-0.4, -0.2) is 21.8 Å². The van der Waals surface area contributed by atoms with Gasteiger partial charge in [-0.2, -0.15) is 5.26 Å². The van der Waals surface area contributed by atoms with E-state index >= 15 is 0 Å². The van der Waals surface area contributed by atoms with Crippen LogP contribution in [0.5, 0.6) is 0 Å². The topological polar surface area (TPSA) is 97.2 Å². The van der Waals surface area contributed by atoms with Crippen LogP contribution in [0.3, 0.4) is 0 Å². The van der Waals surface area contributed by atoms with Gasteiger partial charge in [0, 0.05) is 28.4 Å². The van der Waals surface area contributed by atoms with E-state index in [1.165, 1.54) is 4.90 Å². The number of rotatable bonds is 3. The smallest absolute Gasteiger partial charge is 0.300 e. The molecule has 0 radical (unpaired) electrons. The van der Waals surface area contributed by atoms with Crippen LogP contribution in [0, 0.1) is 11.3 Å². The number of carbonyl (C=O) groups excluding carboxylic acids is 2. The molecular weight excluding hydrogens is 402 g/mol. The Hall–Kier alpha value is -4.63. The Kier molecular flexibility index (Phi) is 4.57. The molecule has 2 N–H and O–H groups in total. The molecule has 4 aromatic rings. The van der Waals surface area contributed by atoms with E-state index in [9.17, 15) is 14.7 Å². The van der Waals surface area contributed by atoms with E-state index in [1.807, 2.05) is 60.7 Å². The summed E-state index contributed by atoms with van der Waals surface area (Å²) in [6, 6.07) is 24.2. The quantitative estimate of drug-likeness (QED) is 0.287. The summed E-state index contributed by atoms with van der Waals surface area (Å²) in [6.07, 6.45) is 1.64. The van der Waals surface area contributed by atoms with E-state index in [2.05, 4.69) is 4.98 Å². The Morgan fingerprint density at radius 3 is 2.34 bits per heavy atom. The Bertz CT molecular complexity index is 1430. The molecule has 1 aliphatic heterocycles. The van der Waals surface area contributed by atoms with Gasteiger partial charge in [0.05, 0.1) is 23.2 Å². The van der Waals surface area contributed by atoms with Crippen LogP contribution in [0.4, 0.5) is 5.69 Å². The number of aliphatic hydroxyl groups is 1. The van der Waals surface area contributed by atoms with Gasteiger partial charge in [-0.3, -0.25) is 14.5 Å². The van der Waals surface area contributed by atoms with Gasteiger partial charge in [-0.15, -0.1) is 0 Å². The first-order valence-corrected chi connectivity index (χ1v) is 10.0. The second-order valence-electron chi connectivity index (χ2n) is 7.49. The molecule has 6 nitrogen and oxygen atoms in total. The van der Waals surface area contributed by atoms with Gasteiger partial charge in [0.2, 0.25) is 0 Å². The van der Waals surface area contributed by atoms with Crippen molar-refractivity contribution in [2.45, 2.75) is 6.04 Å². The standard InChI is InChI=1S/C26H17N3O3/c27-14-16-10-12-18(13-11-16)29-23(17-6-2-1-3-7-17)22(25(31)26(29)32)24(30)20-15-28-21-9-5-4-8-19(20)21/h1-13,15,23,28,30H/b24-22-. The molecule has 154 valence electrons. The van der Waals surface area contributed by atoms with Gasteiger partial charge in [-0.05, 0) is 35.9 Å². The van der Waals surface area contributed by atoms with Gasteiger partial charge >= 0.3 is 0 Å². The minimum atomic E-state index is -0.808. The molecule has 0 bridgehead atoms. The number of para-hydroxylation sites is 1. The van der Waals surface area contributed by atoms with Gasteiger partial charge in [-0.1, -0.05) is 48.5 Å². The first kappa shape index (κ1) is 19.3. The number of nitrogens with zero attached hydrogens (tertiary/aromatic N) is 2. The lowest BCUT2D eigenvalue weighted by atomic mass is 9.95. The maximum Gasteiger partial charge on any atom is 0.300 e. The number of fused-ring (bicyclic) bond motifs is 1. The molecule has 1 atom stereocenters. The number of aliphatic hydroxyl groups excluding tert-OH is 1. The highest BCUT2D eigenvalue weighted by Gasteiger charge is 2.47. The van der Waals surface area contributed by atoms with Gasteiger partial charge < -0.3 is 10.1 Å². The first-order chi connectivity index (χ1) is 15.6. The zero-order valence-electron chi connectivity index (χ0n) is 16.8. The Morgan fingerprint density at radius 2 is 1.62 bits per heavy atom. The van der Waals surface area contributed by atoms with Crippen LogP contribution in [0.2, 0.25) is 0 Å². The Balaban J connectivity index is 1.74. The number of H-pyrrole nitrogens is 1. The SMILES string of the molecule is N#Cc1ccc(N2C(=O)C(=O)/C(=C(\O)c3c[nH]c4ccccc34)C2c2ccccc2)cc1. The normalized spacial score (nSPS) is 17.6. The number of benzene rings is 3.